The van der Waals surface area contributed by atoms with Crippen molar-refractivity contribution in [2.24, 2.45) is 5.73 Å². The summed E-state index contributed by atoms with van der Waals surface area (Å²) in [6, 6.07) is 3.71. The minimum absolute atomic E-state index is 0.356. The molecule has 0 aliphatic heterocycles. The van der Waals surface area contributed by atoms with Crippen molar-refractivity contribution in [3.05, 3.63) is 36.4 Å². The fourth-order valence-corrected chi connectivity index (χ4v) is 1.36. The second-order valence-electron chi connectivity index (χ2n) is 3.16. The topological polar surface area (TPSA) is 73.9 Å². The summed E-state index contributed by atoms with van der Waals surface area (Å²) in [5.41, 5.74) is 7.86. The number of methoxy groups -OCH3 is 1. The van der Waals surface area contributed by atoms with E-state index in [0.717, 1.165) is 11.3 Å². The Labute approximate surface area is 93.3 Å². The minimum atomic E-state index is 0.356. The Balaban J connectivity index is 2.53. The average molecular weight is 216 g/mol. The molecule has 2 rings (SSSR count). The molecule has 5 heteroatoms. The van der Waals surface area contributed by atoms with Crippen LogP contribution in [0.25, 0.3) is 11.3 Å². The van der Waals surface area contributed by atoms with E-state index in [9.17, 15) is 0 Å². The number of hydrogen-bond acceptors (Lipinski definition) is 5. The zero-order valence-corrected chi connectivity index (χ0v) is 8.92. The molecule has 82 valence electrons. The molecule has 0 aromatic carbocycles. The van der Waals surface area contributed by atoms with E-state index in [1.807, 2.05) is 12.1 Å². The smallest absolute Gasteiger partial charge is 0.240 e. The van der Waals surface area contributed by atoms with Crippen molar-refractivity contribution in [3.8, 4) is 17.1 Å². The molecule has 2 aromatic rings. The van der Waals surface area contributed by atoms with Crippen LogP contribution in [0.5, 0.6) is 5.88 Å². The zero-order valence-electron chi connectivity index (χ0n) is 8.92. The number of nitrogens with two attached hydrogens (primary N) is 1. The van der Waals surface area contributed by atoms with Crippen LogP contribution >= 0.6 is 0 Å². The van der Waals surface area contributed by atoms with Gasteiger partial charge in [-0.25, -0.2) is 9.97 Å². The van der Waals surface area contributed by atoms with Gasteiger partial charge in [-0.1, -0.05) is 0 Å². The van der Waals surface area contributed by atoms with Gasteiger partial charge in [0.1, 0.15) is 5.69 Å². The number of nitrogens with zero attached hydrogens (tertiary/aromatic N) is 3. The predicted octanol–water partition coefficient (Wildman–Crippen LogP) is 1.01. The highest BCUT2D eigenvalue weighted by Gasteiger charge is 2.09. The van der Waals surface area contributed by atoms with Crippen LogP contribution in [-0.2, 0) is 6.54 Å². The zero-order chi connectivity index (χ0) is 11.4. The van der Waals surface area contributed by atoms with Gasteiger partial charge in [0.25, 0.3) is 0 Å². The van der Waals surface area contributed by atoms with Crippen LogP contribution in [0, 0.1) is 0 Å². The first-order valence-corrected chi connectivity index (χ1v) is 4.85. The summed E-state index contributed by atoms with van der Waals surface area (Å²) in [5.74, 6) is 0.489. The van der Waals surface area contributed by atoms with Crippen LogP contribution in [-0.4, -0.2) is 22.1 Å². The Bertz CT molecular complexity index is 473. The van der Waals surface area contributed by atoms with Gasteiger partial charge in [-0.05, 0) is 12.1 Å². The lowest BCUT2D eigenvalue weighted by Gasteiger charge is -2.07. The summed E-state index contributed by atoms with van der Waals surface area (Å²) < 4.78 is 5.16. The molecule has 0 radical (unpaired) electrons. The standard InChI is InChI=1S/C11H12N4O/c1-16-11-10(8-2-4-13-5-3-8)15-9(6-12)7-14-11/h2-5,7H,6,12H2,1H3. The third-order valence-corrected chi connectivity index (χ3v) is 2.15. The monoisotopic (exact) mass is 216 g/mol. The lowest BCUT2D eigenvalue weighted by Crippen LogP contribution is -2.03. The van der Waals surface area contributed by atoms with Crippen molar-refractivity contribution in [2.45, 2.75) is 6.54 Å². The van der Waals surface area contributed by atoms with E-state index in [-0.39, 0.29) is 0 Å². The van der Waals surface area contributed by atoms with Crippen molar-refractivity contribution in [2.75, 3.05) is 7.11 Å². The number of rotatable bonds is 3. The third-order valence-electron chi connectivity index (χ3n) is 2.15. The van der Waals surface area contributed by atoms with Crippen LogP contribution < -0.4 is 10.5 Å². The molecule has 5 nitrogen and oxygen atoms in total. The highest BCUT2D eigenvalue weighted by molar-refractivity contribution is 5.63. The molecule has 2 aromatic heterocycles. The van der Waals surface area contributed by atoms with Gasteiger partial charge in [-0.15, -0.1) is 0 Å². The number of aromatic nitrogens is 3. The van der Waals surface area contributed by atoms with E-state index < -0.39 is 0 Å². The molecule has 0 amide bonds. The first-order chi connectivity index (χ1) is 7.85. The number of hydrogen-bond donors (Lipinski definition) is 1. The normalized spacial score (nSPS) is 10.1. The summed E-state index contributed by atoms with van der Waals surface area (Å²) in [6.45, 7) is 0.356. The van der Waals surface area contributed by atoms with Crippen LogP contribution in [0.3, 0.4) is 0 Å². The molecule has 2 heterocycles. The second-order valence-corrected chi connectivity index (χ2v) is 3.16. The summed E-state index contributed by atoms with van der Waals surface area (Å²) in [6.07, 6.45) is 5.01. The Morgan fingerprint density at radius 3 is 2.69 bits per heavy atom. The molecular weight excluding hydrogens is 204 g/mol. The molecular formula is C11H12N4O. The molecule has 0 fully saturated rings. The van der Waals surface area contributed by atoms with Crippen molar-refractivity contribution in [1.29, 1.82) is 0 Å². The van der Waals surface area contributed by atoms with Crippen LogP contribution in [0.2, 0.25) is 0 Å². The molecule has 0 bridgehead atoms. The minimum Gasteiger partial charge on any atom is -0.479 e. The van der Waals surface area contributed by atoms with E-state index in [2.05, 4.69) is 15.0 Å². The van der Waals surface area contributed by atoms with Crippen molar-refractivity contribution < 1.29 is 4.74 Å². The SMILES string of the molecule is COc1ncc(CN)nc1-c1ccncc1. The summed E-state index contributed by atoms with van der Waals surface area (Å²) in [5, 5.41) is 0. The van der Waals surface area contributed by atoms with E-state index in [1.54, 1.807) is 25.7 Å². The highest BCUT2D eigenvalue weighted by Crippen LogP contribution is 2.24. The van der Waals surface area contributed by atoms with Crippen molar-refractivity contribution in [3.63, 3.8) is 0 Å². The first kappa shape index (κ1) is 10.5. The van der Waals surface area contributed by atoms with Gasteiger partial charge in [-0.2, -0.15) is 0 Å². The van der Waals surface area contributed by atoms with E-state index >= 15 is 0 Å². The molecule has 0 unspecified atom stereocenters. The Morgan fingerprint density at radius 1 is 1.31 bits per heavy atom. The third kappa shape index (κ3) is 1.99. The van der Waals surface area contributed by atoms with Gasteiger partial charge >= 0.3 is 0 Å². The maximum atomic E-state index is 5.53. The lowest BCUT2D eigenvalue weighted by molar-refractivity contribution is 0.397. The maximum absolute atomic E-state index is 5.53. The lowest BCUT2D eigenvalue weighted by atomic mass is 10.2. The fraction of sp³-hybridized carbons (Fsp3) is 0.182. The summed E-state index contributed by atoms with van der Waals surface area (Å²) >= 11 is 0. The Kier molecular flexibility index (Phi) is 3.07. The first-order valence-electron chi connectivity index (χ1n) is 4.85. The van der Waals surface area contributed by atoms with Crippen molar-refractivity contribution in [1.82, 2.24) is 15.0 Å². The molecule has 0 aliphatic carbocycles. The summed E-state index contributed by atoms with van der Waals surface area (Å²) in [7, 11) is 1.57. The second kappa shape index (κ2) is 4.67. The number of ether oxygens (including phenoxy) is 1. The number of pyridine rings is 1. The highest BCUT2D eigenvalue weighted by atomic mass is 16.5. The molecule has 0 saturated carbocycles. The van der Waals surface area contributed by atoms with Gasteiger partial charge in [0, 0.05) is 24.5 Å². The van der Waals surface area contributed by atoms with Gasteiger partial charge in [0.2, 0.25) is 5.88 Å². The molecule has 0 spiro atoms. The van der Waals surface area contributed by atoms with Gasteiger partial charge in [0.05, 0.1) is 19.0 Å². The largest absolute Gasteiger partial charge is 0.479 e. The van der Waals surface area contributed by atoms with Gasteiger partial charge in [-0.3, -0.25) is 4.98 Å². The van der Waals surface area contributed by atoms with Gasteiger partial charge in [0.15, 0.2) is 0 Å². The van der Waals surface area contributed by atoms with Crippen LogP contribution in [0.1, 0.15) is 5.69 Å². The maximum Gasteiger partial charge on any atom is 0.240 e. The average Bonchev–Trinajstić information content (AvgIpc) is 2.39. The Morgan fingerprint density at radius 2 is 2.06 bits per heavy atom. The van der Waals surface area contributed by atoms with E-state index in [1.165, 1.54) is 0 Å². The Hall–Kier alpha value is -2.01. The fourth-order valence-electron chi connectivity index (χ4n) is 1.36. The van der Waals surface area contributed by atoms with E-state index in [4.69, 9.17) is 10.5 Å². The molecule has 0 saturated heterocycles. The quantitative estimate of drug-likeness (QED) is 0.828. The summed E-state index contributed by atoms with van der Waals surface area (Å²) in [4.78, 5) is 12.5. The molecule has 0 atom stereocenters. The molecule has 0 aliphatic rings. The molecule has 2 N–H and O–H groups in total. The van der Waals surface area contributed by atoms with Crippen molar-refractivity contribution >= 4 is 0 Å². The van der Waals surface area contributed by atoms with Crippen LogP contribution in [0.15, 0.2) is 30.7 Å². The van der Waals surface area contributed by atoms with E-state index in [0.29, 0.717) is 18.1 Å². The molecule has 16 heavy (non-hydrogen) atoms. The van der Waals surface area contributed by atoms with Gasteiger partial charge < -0.3 is 10.5 Å². The predicted molar refractivity (Wildman–Crippen MR) is 59.7 cm³/mol. The van der Waals surface area contributed by atoms with Crippen LogP contribution in [0.4, 0.5) is 0 Å².